The first-order chi connectivity index (χ1) is 11.7. The number of carbonyl (C=O) groups is 1. The predicted molar refractivity (Wildman–Crippen MR) is 92.9 cm³/mol. The van der Waals surface area contributed by atoms with Crippen LogP contribution in [-0.2, 0) is 6.42 Å². The van der Waals surface area contributed by atoms with Gasteiger partial charge in [-0.05, 0) is 37.7 Å². The number of hydrogen-bond acceptors (Lipinski definition) is 3. The van der Waals surface area contributed by atoms with Crippen LogP contribution in [0.4, 0.5) is 0 Å². The molecule has 1 saturated heterocycles. The Morgan fingerprint density at radius 2 is 2.12 bits per heavy atom. The molecule has 0 bridgehead atoms. The van der Waals surface area contributed by atoms with Crippen LogP contribution in [-0.4, -0.2) is 33.1 Å². The average molecular weight is 325 g/mol. The van der Waals surface area contributed by atoms with Crippen molar-refractivity contribution >= 4 is 5.91 Å². The molecule has 0 spiro atoms. The maximum atomic E-state index is 12.9. The first kappa shape index (κ1) is 16.4. The summed E-state index contributed by atoms with van der Waals surface area (Å²) in [6.45, 7) is 2.84. The number of nitrogens with zero attached hydrogens (tertiary/aromatic N) is 2. The zero-order chi connectivity index (χ0) is 17.0. The second-order valence-electron chi connectivity index (χ2n) is 6.43. The molecule has 1 aliphatic rings. The van der Waals surface area contributed by atoms with Crippen LogP contribution < -0.4 is 5.43 Å². The van der Waals surface area contributed by atoms with E-state index in [1.54, 1.807) is 0 Å². The molecule has 1 aromatic heterocycles. The molecule has 0 radical (unpaired) electrons. The van der Waals surface area contributed by atoms with E-state index in [-0.39, 0.29) is 22.4 Å². The topological polar surface area (TPSA) is 66.1 Å². The van der Waals surface area contributed by atoms with Crippen molar-refractivity contribution in [1.29, 1.82) is 0 Å². The van der Waals surface area contributed by atoms with Crippen molar-refractivity contribution in [3.8, 4) is 0 Å². The van der Waals surface area contributed by atoms with Gasteiger partial charge in [-0.15, -0.1) is 0 Å². The SMILES string of the molecule is CCC1(CCc2ccccc2)CCCN1C(=O)c1c[nH]ncc1=O. The fraction of sp³-hybridized carbons (Fsp3) is 0.421. The number of rotatable bonds is 5. The molecule has 2 heterocycles. The summed E-state index contributed by atoms with van der Waals surface area (Å²) < 4.78 is 0. The van der Waals surface area contributed by atoms with E-state index >= 15 is 0 Å². The second-order valence-corrected chi connectivity index (χ2v) is 6.43. The number of H-pyrrole nitrogens is 1. The summed E-state index contributed by atoms with van der Waals surface area (Å²) in [6, 6.07) is 10.3. The van der Waals surface area contributed by atoms with E-state index < -0.39 is 0 Å². The van der Waals surface area contributed by atoms with Gasteiger partial charge < -0.3 is 4.90 Å². The molecule has 1 aliphatic heterocycles. The minimum Gasteiger partial charge on any atom is -0.333 e. The van der Waals surface area contributed by atoms with Crippen LogP contribution in [0.5, 0.6) is 0 Å². The Labute approximate surface area is 141 Å². The van der Waals surface area contributed by atoms with Crippen LogP contribution in [0.1, 0.15) is 48.5 Å². The number of likely N-dealkylation sites (tertiary alicyclic amines) is 1. The number of amides is 1. The molecule has 5 nitrogen and oxygen atoms in total. The van der Waals surface area contributed by atoms with Crippen LogP contribution >= 0.6 is 0 Å². The van der Waals surface area contributed by atoms with Gasteiger partial charge in [0.25, 0.3) is 5.91 Å². The zero-order valence-corrected chi connectivity index (χ0v) is 14.0. The van der Waals surface area contributed by atoms with E-state index in [0.29, 0.717) is 6.54 Å². The number of aryl methyl sites for hydroxylation is 1. The highest BCUT2D eigenvalue weighted by molar-refractivity contribution is 5.94. The second kappa shape index (κ2) is 6.99. The van der Waals surface area contributed by atoms with E-state index in [0.717, 1.165) is 32.1 Å². The van der Waals surface area contributed by atoms with Gasteiger partial charge in [-0.25, -0.2) is 0 Å². The molecule has 2 aromatic rings. The minimum atomic E-state index is -0.321. The summed E-state index contributed by atoms with van der Waals surface area (Å²) in [5.41, 5.74) is 0.984. The summed E-state index contributed by atoms with van der Waals surface area (Å²) in [5, 5.41) is 6.29. The highest BCUT2D eigenvalue weighted by Gasteiger charge is 2.42. The number of nitrogens with one attached hydrogen (secondary N) is 1. The lowest BCUT2D eigenvalue weighted by Gasteiger charge is -2.38. The fourth-order valence-corrected chi connectivity index (χ4v) is 3.73. The third-order valence-corrected chi connectivity index (χ3v) is 5.18. The normalized spacial score (nSPS) is 20.3. The van der Waals surface area contributed by atoms with Gasteiger partial charge in [-0.2, -0.15) is 5.10 Å². The van der Waals surface area contributed by atoms with Crippen LogP contribution in [0, 0.1) is 0 Å². The molecule has 1 aromatic carbocycles. The number of benzene rings is 1. The van der Waals surface area contributed by atoms with Crippen molar-refractivity contribution in [3.63, 3.8) is 0 Å². The van der Waals surface area contributed by atoms with Gasteiger partial charge in [0.05, 0.1) is 6.20 Å². The Hall–Kier alpha value is -2.43. The van der Waals surface area contributed by atoms with E-state index in [9.17, 15) is 9.59 Å². The molecule has 1 fully saturated rings. The monoisotopic (exact) mass is 325 g/mol. The van der Waals surface area contributed by atoms with E-state index in [1.807, 2.05) is 23.1 Å². The molecule has 1 N–H and O–H groups in total. The van der Waals surface area contributed by atoms with Crippen LogP contribution in [0.15, 0.2) is 47.5 Å². The molecule has 1 unspecified atom stereocenters. The maximum absolute atomic E-state index is 12.9. The highest BCUT2D eigenvalue weighted by atomic mass is 16.2. The molecule has 24 heavy (non-hydrogen) atoms. The Kier molecular flexibility index (Phi) is 4.79. The molecule has 1 amide bonds. The lowest BCUT2D eigenvalue weighted by atomic mass is 9.85. The molecule has 5 heteroatoms. The lowest BCUT2D eigenvalue weighted by Crippen LogP contribution is -2.48. The predicted octanol–water partition coefficient (Wildman–Crippen LogP) is 2.79. The Bertz CT molecular complexity index is 756. The van der Waals surface area contributed by atoms with Gasteiger partial charge in [0.1, 0.15) is 5.56 Å². The van der Waals surface area contributed by atoms with Gasteiger partial charge in [-0.3, -0.25) is 14.7 Å². The standard InChI is InChI=1S/C19H23N3O2/c1-2-19(11-9-15-7-4-3-5-8-15)10-6-12-22(19)18(24)16-13-20-21-14-17(16)23/h3-5,7-8,13-14H,2,6,9-12H2,1H3,(H,20,23). The van der Waals surface area contributed by atoms with E-state index in [2.05, 4.69) is 29.3 Å². The van der Waals surface area contributed by atoms with Crippen LogP contribution in [0.25, 0.3) is 0 Å². The van der Waals surface area contributed by atoms with Gasteiger partial charge in [-0.1, -0.05) is 37.3 Å². The summed E-state index contributed by atoms with van der Waals surface area (Å²) in [7, 11) is 0. The quantitative estimate of drug-likeness (QED) is 0.919. The third-order valence-electron chi connectivity index (χ3n) is 5.18. The van der Waals surface area contributed by atoms with Crippen molar-refractivity contribution in [1.82, 2.24) is 15.1 Å². The third kappa shape index (κ3) is 3.11. The smallest absolute Gasteiger partial charge is 0.259 e. The first-order valence-corrected chi connectivity index (χ1v) is 8.55. The molecule has 0 aliphatic carbocycles. The average Bonchev–Trinajstić information content (AvgIpc) is 3.05. The highest BCUT2D eigenvalue weighted by Crippen LogP contribution is 2.37. The van der Waals surface area contributed by atoms with Gasteiger partial charge >= 0.3 is 0 Å². The van der Waals surface area contributed by atoms with Crippen molar-refractivity contribution in [2.45, 2.75) is 44.6 Å². The van der Waals surface area contributed by atoms with E-state index in [4.69, 9.17) is 0 Å². The lowest BCUT2D eigenvalue weighted by molar-refractivity contribution is 0.0562. The first-order valence-electron chi connectivity index (χ1n) is 8.55. The largest absolute Gasteiger partial charge is 0.333 e. The summed E-state index contributed by atoms with van der Waals surface area (Å²) >= 11 is 0. The maximum Gasteiger partial charge on any atom is 0.259 e. The molecular weight excluding hydrogens is 302 g/mol. The fourth-order valence-electron chi connectivity index (χ4n) is 3.73. The molecule has 1 atom stereocenters. The zero-order valence-electron chi connectivity index (χ0n) is 14.0. The molecular formula is C19H23N3O2. The van der Waals surface area contributed by atoms with Gasteiger partial charge in [0.2, 0.25) is 5.43 Å². The summed E-state index contributed by atoms with van der Waals surface area (Å²) in [6.07, 6.45) is 7.31. The van der Waals surface area contributed by atoms with Crippen LogP contribution in [0.3, 0.4) is 0 Å². The Morgan fingerprint density at radius 3 is 2.83 bits per heavy atom. The molecule has 126 valence electrons. The van der Waals surface area contributed by atoms with Crippen molar-refractivity contribution in [3.05, 3.63) is 64.1 Å². The molecule has 3 rings (SSSR count). The van der Waals surface area contributed by atoms with Crippen molar-refractivity contribution in [2.24, 2.45) is 0 Å². The van der Waals surface area contributed by atoms with Crippen LogP contribution in [0.2, 0.25) is 0 Å². The number of carbonyl (C=O) groups excluding carboxylic acids is 1. The summed E-state index contributed by atoms with van der Waals surface area (Å²) in [4.78, 5) is 26.8. The van der Waals surface area contributed by atoms with E-state index in [1.165, 1.54) is 18.0 Å². The summed E-state index contributed by atoms with van der Waals surface area (Å²) in [5.74, 6) is -0.175. The Morgan fingerprint density at radius 1 is 1.33 bits per heavy atom. The number of aromatic amines is 1. The minimum absolute atomic E-state index is 0.164. The molecule has 0 saturated carbocycles. The Balaban J connectivity index is 1.82. The van der Waals surface area contributed by atoms with Gasteiger partial charge in [0, 0.05) is 18.3 Å². The number of aromatic nitrogens is 2. The van der Waals surface area contributed by atoms with Crippen molar-refractivity contribution in [2.75, 3.05) is 6.54 Å². The number of hydrogen-bond donors (Lipinski definition) is 1. The van der Waals surface area contributed by atoms with Crippen molar-refractivity contribution < 1.29 is 4.79 Å². The van der Waals surface area contributed by atoms with Gasteiger partial charge in [0.15, 0.2) is 0 Å².